The van der Waals surface area contributed by atoms with Gasteiger partial charge in [0.25, 0.3) is 11.5 Å². The lowest BCUT2D eigenvalue weighted by Crippen LogP contribution is -2.43. The molecule has 11 nitrogen and oxygen atoms in total. The number of nitrogens with one attached hydrogen (secondary N) is 1. The molecule has 0 aliphatic carbocycles. The summed E-state index contributed by atoms with van der Waals surface area (Å²) in [6, 6.07) is 0. The maximum atomic E-state index is 12.7. The van der Waals surface area contributed by atoms with E-state index in [0.29, 0.717) is 12.8 Å². The number of esters is 1. The minimum Gasteiger partial charge on any atom is -0.451 e. The Morgan fingerprint density at radius 3 is 2.68 bits per heavy atom. The van der Waals surface area contributed by atoms with Crippen LogP contribution in [-0.4, -0.2) is 43.3 Å². The SMILES string of the molecule is CCCCN(C(=O)COC(=O)c1cnsn1)c1c(N)n(CCC)c(=O)[nH]c1=O. The summed E-state index contributed by atoms with van der Waals surface area (Å²) >= 11 is 0.837. The fourth-order valence-corrected chi connectivity index (χ4v) is 2.90. The minimum absolute atomic E-state index is 0.00763. The van der Waals surface area contributed by atoms with Gasteiger partial charge in [-0.15, -0.1) is 0 Å². The quantitative estimate of drug-likeness (QED) is 0.562. The third-order valence-corrected chi connectivity index (χ3v) is 4.34. The summed E-state index contributed by atoms with van der Waals surface area (Å²) in [5, 5.41) is 0. The number of nitrogens with zero attached hydrogens (tertiary/aromatic N) is 4. The molecule has 0 saturated carbocycles. The van der Waals surface area contributed by atoms with Crippen molar-refractivity contribution >= 4 is 35.1 Å². The van der Waals surface area contributed by atoms with Gasteiger partial charge in [-0.05, 0) is 12.8 Å². The molecule has 0 fully saturated rings. The van der Waals surface area contributed by atoms with Crippen molar-refractivity contribution in [3.63, 3.8) is 0 Å². The predicted octanol–water partition coefficient (Wildman–Crippen LogP) is 0.370. The maximum Gasteiger partial charge on any atom is 0.360 e. The molecule has 152 valence electrons. The smallest absolute Gasteiger partial charge is 0.360 e. The molecule has 1 amide bonds. The van der Waals surface area contributed by atoms with Gasteiger partial charge >= 0.3 is 11.7 Å². The molecule has 3 N–H and O–H groups in total. The topological polar surface area (TPSA) is 153 Å². The Labute approximate surface area is 164 Å². The van der Waals surface area contributed by atoms with E-state index in [4.69, 9.17) is 10.5 Å². The van der Waals surface area contributed by atoms with Crippen LogP contribution < -0.4 is 21.9 Å². The van der Waals surface area contributed by atoms with Crippen LogP contribution in [0.2, 0.25) is 0 Å². The van der Waals surface area contributed by atoms with Crippen molar-refractivity contribution in [1.29, 1.82) is 0 Å². The van der Waals surface area contributed by atoms with Crippen molar-refractivity contribution in [3.05, 3.63) is 32.7 Å². The van der Waals surface area contributed by atoms with Gasteiger partial charge in [-0.3, -0.25) is 19.1 Å². The van der Waals surface area contributed by atoms with E-state index in [1.165, 1.54) is 10.8 Å². The van der Waals surface area contributed by atoms with E-state index in [0.717, 1.165) is 23.0 Å². The van der Waals surface area contributed by atoms with E-state index >= 15 is 0 Å². The van der Waals surface area contributed by atoms with E-state index in [1.807, 2.05) is 13.8 Å². The first-order valence-corrected chi connectivity index (χ1v) is 9.51. The Hall–Kier alpha value is -3.02. The summed E-state index contributed by atoms with van der Waals surface area (Å²) in [6.07, 6.45) is 3.18. The second-order valence-corrected chi connectivity index (χ2v) is 6.47. The van der Waals surface area contributed by atoms with Crippen LogP contribution in [0.3, 0.4) is 0 Å². The van der Waals surface area contributed by atoms with Gasteiger partial charge in [0.05, 0.1) is 17.9 Å². The largest absolute Gasteiger partial charge is 0.451 e. The number of rotatable bonds is 9. The number of carbonyl (C=O) groups is 2. The molecular weight excluding hydrogens is 388 g/mol. The normalized spacial score (nSPS) is 10.6. The Morgan fingerprint density at radius 2 is 2.07 bits per heavy atom. The molecule has 2 aromatic heterocycles. The molecule has 0 atom stereocenters. The summed E-state index contributed by atoms with van der Waals surface area (Å²) in [6.45, 7) is 3.64. The van der Waals surface area contributed by atoms with Gasteiger partial charge < -0.3 is 15.4 Å². The highest BCUT2D eigenvalue weighted by Crippen LogP contribution is 2.18. The molecule has 0 saturated heterocycles. The van der Waals surface area contributed by atoms with E-state index in [-0.39, 0.29) is 30.3 Å². The first kappa shape index (κ1) is 21.3. The van der Waals surface area contributed by atoms with E-state index in [9.17, 15) is 19.2 Å². The Kier molecular flexibility index (Phi) is 7.44. The van der Waals surface area contributed by atoms with Crippen molar-refractivity contribution in [2.45, 2.75) is 39.7 Å². The summed E-state index contributed by atoms with van der Waals surface area (Å²) in [7, 11) is 0. The van der Waals surface area contributed by atoms with Crippen LogP contribution in [0.5, 0.6) is 0 Å². The lowest BCUT2D eigenvalue weighted by atomic mass is 10.2. The first-order valence-electron chi connectivity index (χ1n) is 8.78. The van der Waals surface area contributed by atoms with Crippen molar-refractivity contribution in [2.75, 3.05) is 23.8 Å². The zero-order valence-corrected chi connectivity index (χ0v) is 16.5. The molecule has 0 spiro atoms. The molecule has 0 aromatic carbocycles. The molecule has 28 heavy (non-hydrogen) atoms. The van der Waals surface area contributed by atoms with Crippen molar-refractivity contribution < 1.29 is 14.3 Å². The summed E-state index contributed by atoms with van der Waals surface area (Å²) in [5.41, 5.74) is 4.49. The number of aromatic nitrogens is 4. The number of anilines is 2. The molecule has 2 heterocycles. The van der Waals surface area contributed by atoms with Crippen LogP contribution in [-0.2, 0) is 16.1 Å². The zero-order valence-electron chi connectivity index (χ0n) is 15.6. The average Bonchev–Trinajstić information content (AvgIpc) is 3.20. The zero-order chi connectivity index (χ0) is 20.7. The molecule has 0 aliphatic heterocycles. The molecule has 0 radical (unpaired) electrons. The molecule has 2 aromatic rings. The van der Waals surface area contributed by atoms with Crippen LogP contribution in [0.25, 0.3) is 0 Å². The van der Waals surface area contributed by atoms with Crippen molar-refractivity contribution in [3.8, 4) is 0 Å². The number of H-pyrrole nitrogens is 1. The van der Waals surface area contributed by atoms with Gasteiger partial charge in [0.15, 0.2) is 18.0 Å². The number of nitrogens with two attached hydrogens (primary N) is 1. The molecule has 12 heteroatoms. The molecular formula is C16H22N6O5S. The lowest BCUT2D eigenvalue weighted by Gasteiger charge is -2.24. The molecule has 0 bridgehead atoms. The fraction of sp³-hybridized carbons (Fsp3) is 0.500. The number of hydrogen-bond donors (Lipinski definition) is 2. The van der Waals surface area contributed by atoms with Crippen LogP contribution >= 0.6 is 11.7 Å². The van der Waals surface area contributed by atoms with Crippen LogP contribution in [0, 0.1) is 0 Å². The van der Waals surface area contributed by atoms with Gasteiger partial charge in [0.2, 0.25) is 0 Å². The van der Waals surface area contributed by atoms with Gasteiger partial charge in [-0.1, -0.05) is 20.3 Å². The number of nitrogen functional groups attached to an aromatic ring is 1. The predicted molar refractivity (Wildman–Crippen MR) is 103 cm³/mol. The van der Waals surface area contributed by atoms with Crippen LogP contribution in [0.15, 0.2) is 15.8 Å². The third-order valence-electron chi connectivity index (χ3n) is 3.86. The molecule has 0 unspecified atom stereocenters. The first-order chi connectivity index (χ1) is 13.4. The second kappa shape index (κ2) is 9.78. The number of ether oxygens (including phenoxy) is 1. The number of unbranched alkanes of at least 4 members (excludes halogenated alkanes) is 1. The monoisotopic (exact) mass is 410 g/mol. The second-order valence-electron chi connectivity index (χ2n) is 5.91. The van der Waals surface area contributed by atoms with Crippen molar-refractivity contribution in [2.24, 2.45) is 0 Å². The number of hydrogen-bond acceptors (Lipinski definition) is 9. The minimum atomic E-state index is -0.796. The molecule has 0 aliphatic rings. The van der Waals surface area contributed by atoms with Crippen molar-refractivity contribution in [1.82, 2.24) is 18.3 Å². The Balaban J connectivity index is 2.31. The van der Waals surface area contributed by atoms with Gasteiger partial charge in [0.1, 0.15) is 5.82 Å². The highest BCUT2D eigenvalue weighted by molar-refractivity contribution is 6.99. The Bertz CT molecular complexity index is 936. The lowest BCUT2D eigenvalue weighted by molar-refractivity contribution is -0.121. The highest BCUT2D eigenvalue weighted by Gasteiger charge is 2.25. The number of aromatic amines is 1. The molecule has 2 rings (SSSR count). The summed E-state index contributed by atoms with van der Waals surface area (Å²) in [4.78, 5) is 52.3. The number of carbonyl (C=O) groups excluding carboxylic acids is 2. The van der Waals surface area contributed by atoms with Crippen LogP contribution in [0.1, 0.15) is 43.6 Å². The van der Waals surface area contributed by atoms with E-state index in [2.05, 4.69) is 13.7 Å². The average molecular weight is 410 g/mol. The van der Waals surface area contributed by atoms with E-state index in [1.54, 1.807) is 0 Å². The summed E-state index contributed by atoms with van der Waals surface area (Å²) < 4.78 is 13.6. The number of amides is 1. The maximum absolute atomic E-state index is 12.7. The summed E-state index contributed by atoms with van der Waals surface area (Å²) in [5.74, 6) is -1.53. The fourth-order valence-electron chi connectivity index (χ4n) is 2.49. The Morgan fingerprint density at radius 1 is 1.32 bits per heavy atom. The third kappa shape index (κ3) is 4.82. The van der Waals surface area contributed by atoms with E-state index < -0.39 is 29.7 Å². The van der Waals surface area contributed by atoms with Gasteiger partial charge in [-0.25, -0.2) is 9.59 Å². The highest BCUT2D eigenvalue weighted by atomic mass is 32.1. The van der Waals surface area contributed by atoms with Gasteiger partial charge in [-0.2, -0.15) is 8.75 Å². The standard InChI is InChI=1S/C16H22N6O5S/c1-3-5-7-21(11(23)9-27-15(25)10-8-18-28-20-10)12-13(17)22(6-4-2)16(26)19-14(12)24/h8H,3-7,9,17H2,1-2H3,(H,19,24,26). The van der Waals surface area contributed by atoms with Crippen LogP contribution in [0.4, 0.5) is 11.5 Å². The van der Waals surface area contributed by atoms with Gasteiger partial charge in [0, 0.05) is 13.1 Å².